The molecule has 1 aromatic rings. The Morgan fingerprint density at radius 3 is 2.35 bits per heavy atom. The lowest BCUT2D eigenvalue weighted by atomic mass is 9.93. The Morgan fingerprint density at radius 2 is 1.78 bits per heavy atom. The van der Waals surface area contributed by atoms with Crippen molar-refractivity contribution < 1.29 is 9.90 Å². The second-order valence-corrected chi connectivity index (χ2v) is 6.60. The topological polar surface area (TPSA) is 40.5 Å². The van der Waals surface area contributed by atoms with Crippen molar-refractivity contribution in [2.75, 3.05) is 7.05 Å². The molecule has 0 bridgehead atoms. The number of rotatable bonds is 10. The van der Waals surface area contributed by atoms with Gasteiger partial charge in [-0.2, -0.15) is 0 Å². The molecule has 3 nitrogen and oxygen atoms in total. The molecule has 1 N–H and O–H groups in total. The summed E-state index contributed by atoms with van der Waals surface area (Å²) in [4.78, 5) is 14.3. The van der Waals surface area contributed by atoms with Crippen LogP contribution in [0.3, 0.4) is 0 Å². The molecule has 0 radical (unpaired) electrons. The van der Waals surface area contributed by atoms with Crippen molar-refractivity contribution in [3.63, 3.8) is 0 Å². The van der Waals surface area contributed by atoms with Crippen molar-refractivity contribution in [2.24, 2.45) is 5.92 Å². The molecular formula is C20H33NO2. The summed E-state index contributed by atoms with van der Waals surface area (Å²) in [5, 5.41) is 10.5. The van der Waals surface area contributed by atoms with Gasteiger partial charge in [0.2, 0.25) is 5.91 Å². The van der Waals surface area contributed by atoms with E-state index in [9.17, 15) is 9.90 Å². The number of carbonyl (C=O) groups excluding carboxylic acids is 1. The lowest BCUT2D eigenvalue weighted by molar-refractivity contribution is -0.135. The zero-order chi connectivity index (χ0) is 17.2. The van der Waals surface area contributed by atoms with Gasteiger partial charge in [-0.1, -0.05) is 69.9 Å². The first kappa shape index (κ1) is 19.7. The maximum atomic E-state index is 12.6. The average Bonchev–Trinajstić information content (AvgIpc) is 2.58. The van der Waals surface area contributed by atoms with Crippen LogP contribution in [0, 0.1) is 5.92 Å². The van der Waals surface area contributed by atoms with E-state index in [1.54, 1.807) is 4.90 Å². The number of nitrogens with zero attached hydrogens (tertiary/aromatic N) is 1. The minimum absolute atomic E-state index is 0.141. The molecule has 1 rings (SSSR count). The molecule has 0 aliphatic heterocycles. The van der Waals surface area contributed by atoms with Gasteiger partial charge in [-0.05, 0) is 24.8 Å². The number of unbranched alkanes of at least 4 members (excludes halogenated alkanes) is 1. The number of amides is 1. The Kier molecular flexibility index (Phi) is 8.93. The number of benzene rings is 1. The van der Waals surface area contributed by atoms with Crippen molar-refractivity contribution >= 4 is 5.91 Å². The lowest BCUT2D eigenvalue weighted by Crippen LogP contribution is -2.39. The van der Waals surface area contributed by atoms with Gasteiger partial charge in [-0.25, -0.2) is 0 Å². The van der Waals surface area contributed by atoms with Crippen LogP contribution in [-0.4, -0.2) is 29.0 Å². The van der Waals surface area contributed by atoms with E-state index < -0.39 is 6.10 Å². The molecule has 0 saturated carbocycles. The van der Waals surface area contributed by atoms with Crippen LogP contribution in [0.5, 0.6) is 0 Å². The molecule has 130 valence electrons. The van der Waals surface area contributed by atoms with Gasteiger partial charge in [0.05, 0.1) is 12.1 Å². The molecule has 0 aliphatic carbocycles. The van der Waals surface area contributed by atoms with Crippen LogP contribution in [0.4, 0.5) is 0 Å². The van der Waals surface area contributed by atoms with Crippen LogP contribution >= 0.6 is 0 Å². The molecule has 0 heterocycles. The summed E-state index contributed by atoms with van der Waals surface area (Å²) in [6, 6.07) is 9.34. The van der Waals surface area contributed by atoms with E-state index in [4.69, 9.17) is 0 Å². The minimum atomic E-state index is -0.648. The van der Waals surface area contributed by atoms with Crippen LogP contribution in [0.1, 0.15) is 71.0 Å². The fourth-order valence-corrected chi connectivity index (χ4v) is 3.01. The molecule has 0 unspecified atom stereocenters. The molecule has 0 spiro atoms. The Bertz CT molecular complexity index is 446. The van der Waals surface area contributed by atoms with Crippen LogP contribution in [0.2, 0.25) is 0 Å². The van der Waals surface area contributed by atoms with Crippen molar-refractivity contribution in [3.05, 3.63) is 35.9 Å². The van der Waals surface area contributed by atoms with Crippen LogP contribution < -0.4 is 0 Å². The first-order valence-corrected chi connectivity index (χ1v) is 8.99. The first-order valence-electron chi connectivity index (χ1n) is 8.99. The van der Waals surface area contributed by atoms with Crippen molar-refractivity contribution in [1.82, 2.24) is 4.90 Å². The highest BCUT2D eigenvalue weighted by molar-refractivity contribution is 5.76. The molecule has 1 aromatic carbocycles. The molecule has 3 atom stereocenters. The summed E-state index contributed by atoms with van der Waals surface area (Å²) < 4.78 is 0. The number of likely N-dealkylation sites (N-methyl/N-ethyl adjacent to an activating group) is 1. The predicted octanol–water partition coefficient (Wildman–Crippen LogP) is 4.56. The zero-order valence-electron chi connectivity index (χ0n) is 15.2. The van der Waals surface area contributed by atoms with Crippen LogP contribution in [-0.2, 0) is 4.79 Å². The second-order valence-electron chi connectivity index (χ2n) is 6.60. The zero-order valence-corrected chi connectivity index (χ0v) is 15.2. The number of aliphatic hydroxyl groups is 1. The van der Waals surface area contributed by atoms with E-state index in [-0.39, 0.29) is 11.9 Å². The van der Waals surface area contributed by atoms with Gasteiger partial charge >= 0.3 is 0 Å². The van der Waals surface area contributed by atoms with Gasteiger partial charge < -0.3 is 10.0 Å². The Labute approximate surface area is 141 Å². The maximum absolute atomic E-state index is 12.6. The lowest BCUT2D eigenvalue weighted by Gasteiger charge is -2.30. The van der Waals surface area contributed by atoms with E-state index in [1.807, 2.05) is 44.3 Å². The highest BCUT2D eigenvalue weighted by Crippen LogP contribution is 2.23. The summed E-state index contributed by atoms with van der Waals surface area (Å²) in [7, 11) is 1.81. The Balaban J connectivity index is 2.63. The summed E-state index contributed by atoms with van der Waals surface area (Å²) in [5.41, 5.74) is 0.857. The van der Waals surface area contributed by atoms with E-state index in [0.29, 0.717) is 12.3 Å². The van der Waals surface area contributed by atoms with Crippen molar-refractivity contribution in [3.8, 4) is 0 Å². The van der Waals surface area contributed by atoms with Crippen molar-refractivity contribution in [1.29, 1.82) is 0 Å². The Hall–Kier alpha value is -1.35. The number of carbonyl (C=O) groups is 1. The molecule has 0 saturated heterocycles. The van der Waals surface area contributed by atoms with Crippen LogP contribution in [0.25, 0.3) is 0 Å². The predicted molar refractivity (Wildman–Crippen MR) is 96.2 cm³/mol. The third kappa shape index (κ3) is 6.34. The molecule has 0 aromatic heterocycles. The highest BCUT2D eigenvalue weighted by Gasteiger charge is 2.25. The van der Waals surface area contributed by atoms with Crippen LogP contribution in [0.15, 0.2) is 30.3 Å². The minimum Gasteiger partial charge on any atom is -0.386 e. The summed E-state index contributed by atoms with van der Waals surface area (Å²) in [6.07, 6.45) is 5.65. The monoisotopic (exact) mass is 319 g/mol. The molecule has 23 heavy (non-hydrogen) atoms. The average molecular weight is 319 g/mol. The van der Waals surface area contributed by atoms with Gasteiger partial charge in [0.15, 0.2) is 0 Å². The third-order valence-corrected chi connectivity index (χ3v) is 4.73. The fourth-order valence-electron chi connectivity index (χ4n) is 3.01. The third-order valence-electron chi connectivity index (χ3n) is 4.73. The molecular weight excluding hydrogens is 286 g/mol. The van der Waals surface area contributed by atoms with Gasteiger partial charge in [0.25, 0.3) is 0 Å². The Morgan fingerprint density at radius 1 is 1.13 bits per heavy atom. The molecule has 0 aliphatic rings. The SMILES string of the molecule is CCCC[C@H](CCC)CC(=O)N(C)[C@@H](C)[C@@H](O)c1ccccc1. The first-order chi connectivity index (χ1) is 11.0. The summed E-state index contributed by atoms with van der Waals surface area (Å²) in [5.74, 6) is 0.609. The maximum Gasteiger partial charge on any atom is 0.222 e. The standard InChI is InChI=1S/C20H33NO2/c1-5-7-12-17(11-6-2)15-19(22)21(4)16(3)20(23)18-13-9-8-10-14-18/h8-10,13-14,16-17,20,23H,5-7,11-12,15H2,1-4H3/t16-,17-,20+/m0/s1. The number of hydrogen-bond donors (Lipinski definition) is 1. The largest absolute Gasteiger partial charge is 0.386 e. The second kappa shape index (κ2) is 10.4. The molecule has 1 amide bonds. The fraction of sp³-hybridized carbons (Fsp3) is 0.650. The molecule has 0 fully saturated rings. The van der Waals surface area contributed by atoms with Gasteiger partial charge in [0.1, 0.15) is 0 Å². The summed E-state index contributed by atoms with van der Waals surface area (Å²) >= 11 is 0. The van der Waals surface area contributed by atoms with E-state index >= 15 is 0 Å². The van der Waals surface area contributed by atoms with E-state index in [1.165, 1.54) is 12.8 Å². The number of aliphatic hydroxyl groups excluding tert-OH is 1. The van der Waals surface area contributed by atoms with Crippen molar-refractivity contribution in [2.45, 2.75) is 71.4 Å². The summed E-state index contributed by atoms with van der Waals surface area (Å²) in [6.45, 7) is 6.28. The van der Waals surface area contributed by atoms with E-state index in [0.717, 1.165) is 24.8 Å². The van der Waals surface area contributed by atoms with Gasteiger partial charge in [-0.3, -0.25) is 4.79 Å². The highest BCUT2D eigenvalue weighted by atomic mass is 16.3. The van der Waals surface area contributed by atoms with Gasteiger partial charge in [0, 0.05) is 13.5 Å². The molecule has 3 heteroatoms. The number of hydrogen-bond acceptors (Lipinski definition) is 2. The quantitative estimate of drug-likeness (QED) is 0.686. The normalized spacial score (nSPS) is 15.0. The van der Waals surface area contributed by atoms with Gasteiger partial charge in [-0.15, -0.1) is 0 Å². The smallest absolute Gasteiger partial charge is 0.222 e. The van der Waals surface area contributed by atoms with E-state index in [2.05, 4.69) is 13.8 Å².